The van der Waals surface area contributed by atoms with Crippen molar-refractivity contribution in [3.63, 3.8) is 0 Å². The zero-order valence-corrected chi connectivity index (χ0v) is 30.9. The van der Waals surface area contributed by atoms with E-state index in [4.69, 9.17) is 0 Å². The number of carbonyl (C=O) groups excluding carboxylic acids is 1. The van der Waals surface area contributed by atoms with Crippen LogP contribution in [0.2, 0.25) is 0 Å². The first-order valence-electron chi connectivity index (χ1n) is 20.0. The van der Waals surface area contributed by atoms with Gasteiger partial charge in [-0.2, -0.15) is 0 Å². The van der Waals surface area contributed by atoms with Gasteiger partial charge < -0.3 is 5.11 Å². The van der Waals surface area contributed by atoms with Crippen molar-refractivity contribution in [1.29, 1.82) is 0 Å². The van der Waals surface area contributed by atoms with E-state index < -0.39 is 0 Å². The highest BCUT2D eigenvalue weighted by Crippen LogP contribution is 2.43. The van der Waals surface area contributed by atoms with Crippen LogP contribution in [0.25, 0.3) is 0 Å². The Morgan fingerprint density at radius 1 is 0.935 bits per heavy atom. The van der Waals surface area contributed by atoms with E-state index in [0.29, 0.717) is 53.3 Å². The molecule has 4 aliphatic rings. The first-order chi connectivity index (χ1) is 22.1. The summed E-state index contributed by atoms with van der Waals surface area (Å²) < 4.78 is 0. The van der Waals surface area contributed by atoms with Gasteiger partial charge in [0, 0.05) is 5.92 Å². The number of carbonyl (C=O) groups is 1. The standard InChI is InChI=1S/C44H72O2/c1-7-35-22-32(4)24-37(26-35)18-17-34(6)41(21-31(2)3)29-43(44(46)30-45)42(25-33(5)23-36-13-9-8-10-14-36)28-38-19-20-39-15-11-12-16-40(39)27-38/h12-13,16,19-20,22,31-34,37-43,45H,7-11,14-15,17-18,21,23-30H2,1-6H3/t32-,33?,34?,37-,38+,39-,40?,41?,42?,43?/m1/s1. The van der Waals surface area contributed by atoms with Gasteiger partial charge in [-0.25, -0.2) is 0 Å². The minimum Gasteiger partial charge on any atom is -0.389 e. The lowest BCUT2D eigenvalue weighted by molar-refractivity contribution is -0.128. The normalized spacial score (nSPS) is 29.8. The number of Topliss-reactive ketones (excluding diaryl/α,β-unsaturated/α-hetero) is 1. The van der Waals surface area contributed by atoms with Crippen LogP contribution in [-0.2, 0) is 4.79 Å². The number of ketones is 1. The summed E-state index contributed by atoms with van der Waals surface area (Å²) in [7, 11) is 0. The Bertz CT molecular complexity index is 1040. The van der Waals surface area contributed by atoms with Crippen molar-refractivity contribution >= 4 is 5.78 Å². The summed E-state index contributed by atoms with van der Waals surface area (Å²) in [6, 6.07) is 0. The second kappa shape index (κ2) is 19.0. The molecule has 0 saturated carbocycles. The highest BCUT2D eigenvalue weighted by atomic mass is 16.3. The Kier molecular flexibility index (Phi) is 15.4. The molecule has 0 aliphatic heterocycles. The summed E-state index contributed by atoms with van der Waals surface area (Å²) >= 11 is 0. The molecule has 6 unspecified atom stereocenters. The number of fused-ring (bicyclic) bond motifs is 1. The molecule has 4 aliphatic carbocycles. The fourth-order valence-corrected chi connectivity index (χ4v) is 10.2. The second-order valence-corrected chi connectivity index (χ2v) is 17.2. The van der Waals surface area contributed by atoms with Gasteiger partial charge in [-0.1, -0.05) is 95.6 Å². The van der Waals surface area contributed by atoms with E-state index in [1.807, 2.05) is 0 Å². The van der Waals surface area contributed by atoms with Crippen molar-refractivity contribution in [2.45, 2.75) is 151 Å². The average Bonchev–Trinajstić information content (AvgIpc) is 3.04. The molecule has 2 nitrogen and oxygen atoms in total. The van der Waals surface area contributed by atoms with Crippen molar-refractivity contribution in [2.24, 2.45) is 65.1 Å². The van der Waals surface area contributed by atoms with Gasteiger partial charge in [0.2, 0.25) is 0 Å². The van der Waals surface area contributed by atoms with Crippen LogP contribution in [0, 0.1) is 65.1 Å². The quantitative estimate of drug-likeness (QED) is 0.153. The Hall–Kier alpha value is -1.41. The molecule has 0 aromatic rings. The third kappa shape index (κ3) is 11.6. The van der Waals surface area contributed by atoms with E-state index >= 15 is 0 Å². The zero-order valence-electron chi connectivity index (χ0n) is 30.9. The van der Waals surface area contributed by atoms with E-state index in [9.17, 15) is 9.90 Å². The molecule has 0 spiro atoms. The minimum absolute atomic E-state index is 0.0312. The molecule has 1 N–H and O–H groups in total. The van der Waals surface area contributed by atoms with Gasteiger partial charge in [-0.3, -0.25) is 4.79 Å². The molecule has 46 heavy (non-hydrogen) atoms. The Morgan fingerprint density at radius 3 is 2.48 bits per heavy atom. The molecule has 2 heteroatoms. The van der Waals surface area contributed by atoms with Crippen LogP contribution in [0.1, 0.15) is 151 Å². The monoisotopic (exact) mass is 633 g/mol. The molecular formula is C44H72O2. The van der Waals surface area contributed by atoms with Crippen molar-refractivity contribution in [2.75, 3.05) is 6.61 Å². The summed E-state index contributed by atoms with van der Waals surface area (Å²) in [5.41, 5.74) is 3.32. The summed E-state index contributed by atoms with van der Waals surface area (Å²) in [6.45, 7) is 14.1. The number of hydrogen-bond acceptors (Lipinski definition) is 2. The van der Waals surface area contributed by atoms with Crippen LogP contribution in [-0.4, -0.2) is 17.5 Å². The Balaban J connectivity index is 1.51. The first kappa shape index (κ1) is 37.4. The molecule has 0 radical (unpaired) electrons. The van der Waals surface area contributed by atoms with Crippen LogP contribution in [0.5, 0.6) is 0 Å². The number of aliphatic hydroxyl groups is 1. The van der Waals surface area contributed by atoms with Crippen LogP contribution in [0.15, 0.2) is 47.6 Å². The SMILES string of the molecule is CCC1=C[C@@H](C)C[C@@H](CCC(C)C(CC(C)C)CC(C(=O)CO)C(CC(C)CC2=CCCCC2)C[C@H]2C=C[C@H]3CCC=CC3C2)C1. The number of hydrogen-bond donors (Lipinski definition) is 1. The maximum absolute atomic E-state index is 13.9. The van der Waals surface area contributed by atoms with Crippen LogP contribution in [0.4, 0.5) is 0 Å². The number of rotatable bonds is 18. The smallest absolute Gasteiger partial charge is 0.161 e. The van der Waals surface area contributed by atoms with Crippen LogP contribution < -0.4 is 0 Å². The summed E-state index contributed by atoms with van der Waals surface area (Å²) in [5.74, 6) is 6.20. The molecule has 0 saturated heterocycles. The largest absolute Gasteiger partial charge is 0.389 e. The lowest BCUT2D eigenvalue weighted by Crippen LogP contribution is -2.33. The van der Waals surface area contributed by atoms with Crippen molar-refractivity contribution < 1.29 is 9.90 Å². The zero-order chi connectivity index (χ0) is 33.1. The molecule has 10 atom stereocenters. The number of aliphatic hydroxyl groups excluding tert-OH is 1. The summed E-state index contributed by atoms with van der Waals surface area (Å²) in [6.07, 6.45) is 35.8. The lowest BCUT2D eigenvalue weighted by Gasteiger charge is -2.38. The third-order valence-corrected chi connectivity index (χ3v) is 12.6. The van der Waals surface area contributed by atoms with Gasteiger partial charge >= 0.3 is 0 Å². The Morgan fingerprint density at radius 2 is 1.76 bits per heavy atom. The average molecular weight is 633 g/mol. The molecule has 4 rings (SSSR count). The summed E-state index contributed by atoms with van der Waals surface area (Å²) in [4.78, 5) is 13.9. The van der Waals surface area contributed by atoms with Gasteiger partial charge in [0.05, 0.1) is 0 Å². The molecule has 0 amide bonds. The second-order valence-electron chi connectivity index (χ2n) is 17.2. The van der Waals surface area contributed by atoms with E-state index in [2.05, 4.69) is 78.0 Å². The molecule has 0 aromatic heterocycles. The van der Waals surface area contributed by atoms with Crippen molar-refractivity contribution in [3.8, 4) is 0 Å². The van der Waals surface area contributed by atoms with Gasteiger partial charge in [0.25, 0.3) is 0 Å². The van der Waals surface area contributed by atoms with E-state index in [1.54, 1.807) is 11.1 Å². The molecule has 0 bridgehead atoms. The van der Waals surface area contributed by atoms with Crippen LogP contribution >= 0.6 is 0 Å². The highest BCUT2D eigenvalue weighted by Gasteiger charge is 2.36. The fourth-order valence-electron chi connectivity index (χ4n) is 10.2. The fraction of sp³-hybridized carbons (Fsp3) is 0.795. The van der Waals surface area contributed by atoms with E-state index in [0.717, 1.165) is 25.2 Å². The first-order valence-corrected chi connectivity index (χ1v) is 20.0. The third-order valence-electron chi connectivity index (χ3n) is 12.6. The maximum atomic E-state index is 13.9. The van der Waals surface area contributed by atoms with Gasteiger partial charge in [0.1, 0.15) is 6.61 Å². The molecule has 260 valence electrons. The van der Waals surface area contributed by atoms with E-state index in [-0.39, 0.29) is 18.3 Å². The topological polar surface area (TPSA) is 37.3 Å². The van der Waals surface area contributed by atoms with Gasteiger partial charge in [0.15, 0.2) is 5.78 Å². The number of allylic oxidation sites excluding steroid dienone is 8. The lowest BCUT2D eigenvalue weighted by atomic mass is 9.67. The molecule has 0 heterocycles. The highest BCUT2D eigenvalue weighted by molar-refractivity contribution is 5.82. The predicted octanol–water partition coefficient (Wildman–Crippen LogP) is 12.1. The summed E-state index contributed by atoms with van der Waals surface area (Å²) in [5, 5.41) is 10.4. The maximum Gasteiger partial charge on any atom is 0.161 e. The minimum atomic E-state index is -0.302. The molecule has 0 fully saturated rings. The van der Waals surface area contributed by atoms with Gasteiger partial charge in [-0.15, -0.1) is 0 Å². The van der Waals surface area contributed by atoms with Crippen molar-refractivity contribution in [3.05, 3.63) is 47.6 Å². The van der Waals surface area contributed by atoms with Crippen LogP contribution in [0.3, 0.4) is 0 Å². The molecular weight excluding hydrogens is 560 g/mol. The van der Waals surface area contributed by atoms with E-state index in [1.165, 1.54) is 89.9 Å². The van der Waals surface area contributed by atoms with Gasteiger partial charge in [-0.05, 0) is 162 Å². The predicted molar refractivity (Wildman–Crippen MR) is 197 cm³/mol. The molecule has 0 aromatic carbocycles. The Labute approximate surface area is 285 Å². The van der Waals surface area contributed by atoms with Crippen molar-refractivity contribution in [1.82, 2.24) is 0 Å².